The quantitative estimate of drug-likeness (QED) is 0.764. The molecule has 0 bridgehead atoms. The molecule has 1 amide bonds. The molecular formula is C12H15NO5S. The van der Waals surface area contributed by atoms with Crippen LogP contribution in [0.4, 0.5) is 0 Å². The first-order valence-corrected chi connectivity index (χ1v) is 7.55. The van der Waals surface area contributed by atoms with Crippen molar-refractivity contribution in [2.45, 2.75) is 6.92 Å². The highest BCUT2D eigenvalue weighted by Gasteiger charge is 2.25. The van der Waals surface area contributed by atoms with Gasteiger partial charge in [0.25, 0.3) is 16.0 Å². The van der Waals surface area contributed by atoms with Gasteiger partial charge in [-0.3, -0.25) is 8.98 Å². The van der Waals surface area contributed by atoms with E-state index in [1.807, 2.05) is 13.0 Å². The van der Waals surface area contributed by atoms with Crippen molar-refractivity contribution in [1.29, 1.82) is 0 Å². The van der Waals surface area contributed by atoms with E-state index in [-0.39, 0.29) is 25.8 Å². The molecule has 0 saturated carbocycles. The number of hydrogen-bond donors (Lipinski definition) is 0. The SMILES string of the molecule is Cc1ccc2c(c1)C(=O)N(CCOS(C)(=O)=O)CO2. The molecule has 104 valence electrons. The molecule has 1 aromatic carbocycles. The predicted molar refractivity (Wildman–Crippen MR) is 68.5 cm³/mol. The maximum Gasteiger partial charge on any atom is 0.264 e. The third kappa shape index (κ3) is 3.45. The molecule has 19 heavy (non-hydrogen) atoms. The molecule has 6 nitrogen and oxygen atoms in total. The smallest absolute Gasteiger partial charge is 0.264 e. The van der Waals surface area contributed by atoms with Crippen LogP contribution in [0.2, 0.25) is 0 Å². The van der Waals surface area contributed by atoms with Crippen LogP contribution in [0.5, 0.6) is 5.75 Å². The number of hydrogen-bond acceptors (Lipinski definition) is 5. The highest BCUT2D eigenvalue weighted by Crippen LogP contribution is 2.25. The van der Waals surface area contributed by atoms with Crippen LogP contribution in [0.25, 0.3) is 0 Å². The molecule has 0 aliphatic carbocycles. The van der Waals surface area contributed by atoms with Crippen LogP contribution in [0.3, 0.4) is 0 Å². The summed E-state index contributed by atoms with van der Waals surface area (Å²) in [5, 5.41) is 0. The Bertz CT molecular complexity index is 596. The fraction of sp³-hybridized carbons (Fsp3) is 0.417. The first-order chi connectivity index (χ1) is 8.87. The van der Waals surface area contributed by atoms with Gasteiger partial charge in [0.05, 0.1) is 18.4 Å². The normalized spacial score (nSPS) is 15.1. The lowest BCUT2D eigenvalue weighted by Crippen LogP contribution is -2.40. The second kappa shape index (κ2) is 5.18. The lowest BCUT2D eigenvalue weighted by molar-refractivity contribution is 0.0484. The lowest BCUT2D eigenvalue weighted by atomic mass is 10.1. The number of ether oxygens (including phenoxy) is 1. The predicted octanol–water partition coefficient (Wildman–Crippen LogP) is 0.763. The molecule has 0 N–H and O–H groups in total. The number of amides is 1. The minimum Gasteiger partial charge on any atom is -0.472 e. The fourth-order valence-electron chi connectivity index (χ4n) is 1.78. The lowest BCUT2D eigenvalue weighted by Gasteiger charge is -2.28. The highest BCUT2D eigenvalue weighted by molar-refractivity contribution is 7.85. The van der Waals surface area contributed by atoms with Gasteiger partial charge >= 0.3 is 0 Å². The van der Waals surface area contributed by atoms with Crippen LogP contribution in [0.1, 0.15) is 15.9 Å². The van der Waals surface area contributed by atoms with Crippen LogP contribution >= 0.6 is 0 Å². The molecule has 0 fully saturated rings. The summed E-state index contributed by atoms with van der Waals surface area (Å²) in [7, 11) is -3.49. The summed E-state index contributed by atoms with van der Waals surface area (Å²) in [5.74, 6) is 0.373. The van der Waals surface area contributed by atoms with Crippen molar-refractivity contribution in [3.05, 3.63) is 29.3 Å². The van der Waals surface area contributed by atoms with Crippen molar-refractivity contribution in [2.75, 3.05) is 26.1 Å². The minimum atomic E-state index is -3.49. The van der Waals surface area contributed by atoms with Crippen molar-refractivity contribution >= 4 is 16.0 Å². The first-order valence-electron chi connectivity index (χ1n) is 5.74. The van der Waals surface area contributed by atoms with E-state index in [2.05, 4.69) is 4.18 Å². The topological polar surface area (TPSA) is 72.9 Å². The van der Waals surface area contributed by atoms with Gasteiger partial charge in [-0.1, -0.05) is 11.6 Å². The molecule has 1 aliphatic rings. The number of aryl methyl sites for hydroxylation is 1. The Kier molecular flexibility index (Phi) is 3.77. The number of fused-ring (bicyclic) bond motifs is 1. The number of carbonyl (C=O) groups is 1. The highest BCUT2D eigenvalue weighted by atomic mass is 32.2. The van der Waals surface area contributed by atoms with E-state index in [4.69, 9.17) is 4.74 Å². The molecule has 0 saturated heterocycles. The van der Waals surface area contributed by atoms with Gasteiger partial charge in [-0.25, -0.2) is 0 Å². The fourth-order valence-corrected chi connectivity index (χ4v) is 2.16. The van der Waals surface area contributed by atoms with Gasteiger partial charge in [-0.15, -0.1) is 0 Å². The van der Waals surface area contributed by atoms with Gasteiger partial charge in [0.15, 0.2) is 6.73 Å². The van der Waals surface area contributed by atoms with E-state index >= 15 is 0 Å². The van der Waals surface area contributed by atoms with Crippen molar-refractivity contribution in [1.82, 2.24) is 4.90 Å². The minimum absolute atomic E-state index is 0.0743. The number of nitrogens with zero attached hydrogens (tertiary/aromatic N) is 1. The molecule has 0 unspecified atom stereocenters. The summed E-state index contributed by atoms with van der Waals surface area (Å²) >= 11 is 0. The van der Waals surface area contributed by atoms with Gasteiger partial charge in [-0.2, -0.15) is 8.42 Å². The molecule has 1 aromatic rings. The Balaban J connectivity index is 2.05. The maximum absolute atomic E-state index is 12.2. The number of benzene rings is 1. The summed E-state index contributed by atoms with van der Waals surface area (Å²) < 4.78 is 31.7. The summed E-state index contributed by atoms with van der Waals surface area (Å²) in [6.45, 7) is 2.08. The third-order valence-corrected chi connectivity index (χ3v) is 3.28. The molecule has 0 aromatic heterocycles. The van der Waals surface area contributed by atoms with Gasteiger partial charge in [0.1, 0.15) is 5.75 Å². The molecule has 2 rings (SSSR count). The first kappa shape index (κ1) is 13.8. The number of rotatable bonds is 4. The zero-order valence-electron chi connectivity index (χ0n) is 10.8. The van der Waals surface area contributed by atoms with E-state index in [1.54, 1.807) is 12.1 Å². The molecule has 1 aliphatic heterocycles. The second-order valence-electron chi connectivity index (χ2n) is 4.37. The third-order valence-electron chi connectivity index (χ3n) is 2.69. The second-order valence-corrected chi connectivity index (χ2v) is 6.01. The van der Waals surface area contributed by atoms with Gasteiger partial charge in [-0.05, 0) is 19.1 Å². The zero-order chi connectivity index (χ0) is 14.0. The van der Waals surface area contributed by atoms with Crippen LogP contribution in [-0.2, 0) is 14.3 Å². The Morgan fingerprint density at radius 3 is 2.84 bits per heavy atom. The van der Waals surface area contributed by atoms with Crippen LogP contribution in [0, 0.1) is 6.92 Å². The average Bonchev–Trinajstić information content (AvgIpc) is 2.31. The van der Waals surface area contributed by atoms with Crippen molar-refractivity contribution in [3.8, 4) is 5.75 Å². The largest absolute Gasteiger partial charge is 0.472 e. The summed E-state index contributed by atoms with van der Waals surface area (Å²) in [4.78, 5) is 13.6. The molecule has 1 heterocycles. The molecular weight excluding hydrogens is 270 g/mol. The molecule has 7 heteroatoms. The molecule has 0 spiro atoms. The van der Waals surface area contributed by atoms with E-state index in [0.717, 1.165) is 11.8 Å². The molecule has 0 radical (unpaired) electrons. The van der Waals surface area contributed by atoms with Gasteiger partial charge in [0, 0.05) is 6.54 Å². The monoisotopic (exact) mass is 285 g/mol. The van der Waals surface area contributed by atoms with Crippen LogP contribution in [-0.4, -0.2) is 45.4 Å². The standard InChI is InChI=1S/C12H15NO5S/c1-9-3-4-11-10(7-9)12(14)13(8-17-11)5-6-18-19(2,15)16/h3-4,7H,5-6,8H2,1-2H3. The Labute approximate surface area is 112 Å². The number of carbonyl (C=O) groups excluding carboxylic acids is 1. The van der Waals surface area contributed by atoms with E-state index in [9.17, 15) is 13.2 Å². The van der Waals surface area contributed by atoms with Crippen molar-refractivity contribution in [2.24, 2.45) is 0 Å². The van der Waals surface area contributed by atoms with Crippen LogP contribution < -0.4 is 4.74 Å². The summed E-state index contributed by atoms with van der Waals surface area (Å²) in [6, 6.07) is 5.38. The summed E-state index contributed by atoms with van der Waals surface area (Å²) in [5.41, 5.74) is 1.45. The van der Waals surface area contributed by atoms with E-state index in [1.165, 1.54) is 4.90 Å². The van der Waals surface area contributed by atoms with E-state index in [0.29, 0.717) is 11.3 Å². The van der Waals surface area contributed by atoms with Gasteiger partial charge in [0.2, 0.25) is 0 Å². The zero-order valence-corrected chi connectivity index (χ0v) is 11.6. The van der Waals surface area contributed by atoms with Gasteiger partial charge < -0.3 is 9.64 Å². The Morgan fingerprint density at radius 2 is 2.16 bits per heavy atom. The average molecular weight is 285 g/mol. The maximum atomic E-state index is 12.2. The van der Waals surface area contributed by atoms with Crippen molar-refractivity contribution < 1.29 is 22.1 Å². The summed E-state index contributed by atoms with van der Waals surface area (Å²) in [6.07, 6.45) is 0.972. The van der Waals surface area contributed by atoms with Crippen LogP contribution in [0.15, 0.2) is 18.2 Å². The Hall–Kier alpha value is -1.60. The molecule has 0 atom stereocenters. The Morgan fingerprint density at radius 1 is 1.42 bits per heavy atom. The van der Waals surface area contributed by atoms with Crippen molar-refractivity contribution in [3.63, 3.8) is 0 Å². The van der Waals surface area contributed by atoms with E-state index < -0.39 is 10.1 Å².